The van der Waals surface area contributed by atoms with Crippen molar-refractivity contribution in [2.24, 2.45) is 11.8 Å². The van der Waals surface area contributed by atoms with Crippen molar-refractivity contribution in [3.63, 3.8) is 0 Å². The molecule has 2 aromatic carbocycles. The van der Waals surface area contributed by atoms with E-state index in [2.05, 4.69) is 54.8 Å². The molecule has 14 nitrogen and oxygen atoms in total. The molecule has 55 heavy (non-hydrogen) atoms. The molecule has 4 aromatic rings. The molecule has 0 saturated carbocycles. The number of H-pyrrole nitrogens is 2. The molecular formula is C40H51ClN8O6. The molecule has 6 rings (SSSR count). The van der Waals surface area contributed by atoms with Gasteiger partial charge in [-0.15, -0.1) is 12.4 Å². The van der Waals surface area contributed by atoms with Crippen LogP contribution in [0.15, 0.2) is 60.9 Å². The number of aromatic amines is 2. The van der Waals surface area contributed by atoms with Crippen molar-refractivity contribution >= 4 is 36.4 Å². The highest BCUT2D eigenvalue weighted by Crippen LogP contribution is 2.35. The maximum absolute atomic E-state index is 13.5. The molecule has 4 N–H and O–H groups in total. The number of rotatable bonds is 11. The Balaban J connectivity index is 0.00000580. The van der Waals surface area contributed by atoms with Gasteiger partial charge in [0.1, 0.15) is 23.7 Å². The lowest BCUT2D eigenvalue weighted by Gasteiger charge is -2.30. The van der Waals surface area contributed by atoms with E-state index >= 15 is 0 Å². The summed E-state index contributed by atoms with van der Waals surface area (Å²) in [7, 11) is 2.58. The van der Waals surface area contributed by atoms with E-state index in [9.17, 15) is 19.2 Å². The third-order valence-electron chi connectivity index (χ3n) is 10.4. The Morgan fingerprint density at radius 1 is 0.636 bits per heavy atom. The SMILES string of the molecule is COC(=O)N[C@@H](C(=O)N1CCC[C@@H]1c1ncc(-c2ccc(-c3ccc(-c4cnc([C@H]5CCCN5C(=O)[C@H](NC(=O)OC)C(C)C)[nH]4)cc3)cc2)[nH]1)C(C)C.Cl. The first-order valence-electron chi connectivity index (χ1n) is 18.6. The topological polar surface area (TPSA) is 175 Å². The van der Waals surface area contributed by atoms with Crippen LogP contribution >= 0.6 is 12.4 Å². The van der Waals surface area contributed by atoms with Gasteiger partial charge in [0.15, 0.2) is 0 Å². The van der Waals surface area contributed by atoms with Crippen LogP contribution in [0.5, 0.6) is 0 Å². The number of hydrogen-bond acceptors (Lipinski definition) is 8. The number of halogens is 1. The first-order valence-corrected chi connectivity index (χ1v) is 18.6. The summed E-state index contributed by atoms with van der Waals surface area (Å²) in [5.74, 6) is 0.955. The lowest BCUT2D eigenvalue weighted by atomic mass is 10.0. The van der Waals surface area contributed by atoms with Crippen LogP contribution in [0.3, 0.4) is 0 Å². The van der Waals surface area contributed by atoms with Crippen LogP contribution in [0, 0.1) is 11.8 Å². The Kier molecular flexibility index (Phi) is 13.2. The third kappa shape index (κ3) is 8.96. The third-order valence-corrected chi connectivity index (χ3v) is 10.4. The van der Waals surface area contributed by atoms with Crippen LogP contribution in [-0.2, 0) is 19.1 Å². The normalized spacial score (nSPS) is 17.8. The minimum atomic E-state index is -0.687. The van der Waals surface area contributed by atoms with Gasteiger partial charge >= 0.3 is 12.2 Å². The minimum Gasteiger partial charge on any atom is -0.453 e. The van der Waals surface area contributed by atoms with Gasteiger partial charge in [-0.25, -0.2) is 19.6 Å². The fourth-order valence-electron chi connectivity index (χ4n) is 7.38. The number of methoxy groups -OCH3 is 2. The van der Waals surface area contributed by atoms with Gasteiger partial charge in [0.25, 0.3) is 0 Å². The fourth-order valence-corrected chi connectivity index (χ4v) is 7.38. The second kappa shape index (κ2) is 17.8. The van der Waals surface area contributed by atoms with Gasteiger partial charge < -0.3 is 39.9 Å². The van der Waals surface area contributed by atoms with Gasteiger partial charge in [0, 0.05) is 13.1 Å². The smallest absolute Gasteiger partial charge is 0.407 e. The van der Waals surface area contributed by atoms with Crippen molar-refractivity contribution in [1.29, 1.82) is 0 Å². The highest BCUT2D eigenvalue weighted by Gasteiger charge is 2.39. The number of carbonyl (C=O) groups excluding carboxylic acids is 4. The van der Waals surface area contributed by atoms with Crippen molar-refractivity contribution in [3.8, 4) is 33.6 Å². The number of aromatic nitrogens is 4. The maximum atomic E-state index is 13.5. The predicted octanol–water partition coefficient (Wildman–Crippen LogP) is 6.64. The molecular weight excluding hydrogens is 724 g/mol. The minimum absolute atomic E-state index is 0. The van der Waals surface area contributed by atoms with Gasteiger partial charge in [-0.2, -0.15) is 0 Å². The summed E-state index contributed by atoms with van der Waals surface area (Å²) in [6, 6.07) is 14.7. The zero-order valence-corrected chi connectivity index (χ0v) is 32.9. The highest BCUT2D eigenvalue weighted by molar-refractivity contribution is 5.87. The number of alkyl carbamates (subject to hydrolysis) is 2. The van der Waals surface area contributed by atoms with Crippen LogP contribution in [0.4, 0.5) is 9.59 Å². The van der Waals surface area contributed by atoms with E-state index in [1.165, 1.54) is 14.2 Å². The zero-order valence-electron chi connectivity index (χ0n) is 32.1. The molecule has 0 spiro atoms. The summed E-state index contributed by atoms with van der Waals surface area (Å²) in [6.45, 7) is 8.78. The van der Waals surface area contributed by atoms with E-state index in [1.807, 2.05) is 52.0 Å². The van der Waals surface area contributed by atoms with Crippen LogP contribution in [0.25, 0.3) is 33.6 Å². The number of imidazole rings is 2. The average Bonchev–Trinajstić information content (AvgIpc) is 4.02. The van der Waals surface area contributed by atoms with Gasteiger partial charge in [0.05, 0.1) is 50.1 Å². The van der Waals surface area contributed by atoms with Gasteiger partial charge in [-0.3, -0.25) is 9.59 Å². The zero-order chi connectivity index (χ0) is 38.5. The Labute approximate surface area is 327 Å². The van der Waals surface area contributed by atoms with E-state index in [-0.39, 0.29) is 48.1 Å². The van der Waals surface area contributed by atoms with E-state index in [4.69, 9.17) is 9.47 Å². The number of nitrogens with zero attached hydrogens (tertiary/aromatic N) is 4. The molecule has 4 atom stereocenters. The summed E-state index contributed by atoms with van der Waals surface area (Å²) in [6.07, 6.45) is 5.61. The summed E-state index contributed by atoms with van der Waals surface area (Å²) in [4.78, 5) is 70.7. The molecule has 2 saturated heterocycles. The predicted molar refractivity (Wildman–Crippen MR) is 210 cm³/mol. The molecule has 2 aliphatic heterocycles. The largest absolute Gasteiger partial charge is 0.453 e. The van der Waals surface area contributed by atoms with Crippen LogP contribution in [0.2, 0.25) is 0 Å². The summed E-state index contributed by atoms with van der Waals surface area (Å²) < 4.78 is 9.50. The molecule has 0 bridgehead atoms. The van der Waals surface area contributed by atoms with Gasteiger partial charge in [0.2, 0.25) is 11.8 Å². The Hall–Kier alpha value is -5.37. The molecule has 2 aromatic heterocycles. The second-order valence-electron chi connectivity index (χ2n) is 14.6. The summed E-state index contributed by atoms with van der Waals surface area (Å²) in [5.41, 5.74) is 5.78. The molecule has 4 heterocycles. The van der Waals surface area contributed by atoms with Crippen molar-refractivity contribution < 1.29 is 28.7 Å². The molecule has 294 valence electrons. The van der Waals surface area contributed by atoms with E-state index in [0.29, 0.717) is 13.1 Å². The van der Waals surface area contributed by atoms with Crippen molar-refractivity contribution in [2.75, 3.05) is 27.3 Å². The second-order valence-corrected chi connectivity index (χ2v) is 14.6. The first kappa shape index (κ1) is 40.8. The standard InChI is InChI=1S/C40H50N8O6.ClH/c1-23(2)33(45-39(51)53-5)37(49)47-19-7-9-31(47)35-41-21-29(43-35)27-15-11-25(12-16-27)26-13-17-28(18-14-26)30-22-42-36(44-30)32-10-8-20-48(32)38(50)34(24(3)4)46-40(52)54-6;/h11-18,21-24,31-34H,7-10,19-20H2,1-6H3,(H,41,43)(H,42,44)(H,45,51)(H,46,52);1H/t31-,32-,33-,34-;/m1./s1. The Morgan fingerprint density at radius 3 is 1.31 bits per heavy atom. The van der Waals surface area contributed by atoms with E-state index < -0.39 is 24.3 Å². The average molecular weight is 775 g/mol. The Bertz CT molecular complexity index is 1800. The van der Waals surface area contributed by atoms with Gasteiger partial charge in [-0.05, 0) is 59.8 Å². The van der Waals surface area contributed by atoms with Gasteiger partial charge in [-0.1, -0.05) is 76.2 Å². The molecule has 2 fully saturated rings. The van der Waals surface area contributed by atoms with Crippen molar-refractivity contribution in [3.05, 3.63) is 72.6 Å². The molecule has 0 aliphatic carbocycles. The lowest BCUT2D eigenvalue weighted by Crippen LogP contribution is -2.51. The van der Waals surface area contributed by atoms with Crippen molar-refractivity contribution in [1.82, 2.24) is 40.4 Å². The Morgan fingerprint density at radius 2 is 0.982 bits per heavy atom. The van der Waals surface area contributed by atoms with Crippen molar-refractivity contribution in [2.45, 2.75) is 77.5 Å². The molecule has 4 amide bonds. The number of benzene rings is 2. The fraction of sp³-hybridized carbons (Fsp3) is 0.450. The quantitative estimate of drug-likeness (QED) is 0.131. The van der Waals surface area contributed by atoms with Crippen LogP contribution in [0.1, 0.15) is 77.1 Å². The number of nitrogens with one attached hydrogen (secondary N) is 4. The number of likely N-dealkylation sites (tertiary alicyclic amines) is 2. The monoisotopic (exact) mass is 774 g/mol. The highest BCUT2D eigenvalue weighted by atomic mass is 35.5. The lowest BCUT2D eigenvalue weighted by molar-refractivity contribution is -0.136. The number of carbonyl (C=O) groups is 4. The number of amides is 4. The van der Waals surface area contributed by atoms with E-state index in [0.717, 1.165) is 71.0 Å². The van der Waals surface area contributed by atoms with Crippen LogP contribution < -0.4 is 10.6 Å². The molecule has 0 radical (unpaired) electrons. The summed E-state index contributed by atoms with van der Waals surface area (Å²) >= 11 is 0. The summed E-state index contributed by atoms with van der Waals surface area (Å²) in [5, 5.41) is 5.38. The van der Waals surface area contributed by atoms with Crippen LogP contribution in [-0.4, -0.2) is 93.1 Å². The number of ether oxygens (including phenoxy) is 2. The molecule has 2 aliphatic rings. The first-order chi connectivity index (χ1) is 26.0. The molecule has 0 unspecified atom stereocenters. The maximum Gasteiger partial charge on any atom is 0.407 e. The van der Waals surface area contributed by atoms with E-state index in [1.54, 1.807) is 22.2 Å². The molecule has 15 heteroatoms. The number of hydrogen-bond donors (Lipinski definition) is 4.